The van der Waals surface area contributed by atoms with Gasteiger partial charge in [0, 0.05) is 9.37 Å². The molecule has 0 aromatic heterocycles. The van der Waals surface area contributed by atoms with E-state index in [4.69, 9.17) is 9.84 Å². The minimum atomic E-state index is -0.770. The molecule has 0 radical (unpaired) electrons. The minimum Gasteiger partial charge on any atom is -0.481 e. The zero-order chi connectivity index (χ0) is 14.0. The molecular weight excluding hydrogens is 328 g/mol. The van der Waals surface area contributed by atoms with E-state index in [0.717, 1.165) is 23.2 Å². The maximum Gasteiger partial charge on any atom is 0.309 e. The van der Waals surface area contributed by atoms with Gasteiger partial charge in [-0.05, 0) is 53.9 Å². The third-order valence-corrected chi connectivity index (χ3v) is 5.26. The molecular formula is C14H17BrO3S. The third-order valence-electron chi connectivity index (χ3n) is 3.12. The van der Waals surface area contributed by atoms with Crippen molar-refractivity contribution in [3.8, 4) is 0 Å². The molecule has 3 nitrogen and oxygen atoms in total. The van der Waals surface area contributed by atoms with Crippen molar-refractivity contribution in [1.82, 2.24) is 0 Å². The van der Waals surface area contributed by atoms with Crippen molar-refractivity contribution in [3.05, 3.63) is 28.2 Å². The summed E-state index contributed by atoms with van der Waals surface area (Å²) < 4.78 is 6.19. The monoisotopic (exact) mass is 344 g/mol. The van der Waals surface area contributed by atoms with E-state index in [2.05, 4.69) is 22.0 Å². The second-order valence-corrected chi connectivity index (χ2v) is 7.60. The SMILES string of the molecule is CC(C)(Cc1ccc(SC2COC2)c(Br)c1)C(=O)O. The van der Waals surface area contributed by atoms with Crippen LogP contribution in [0.1, 0.15) is 19.4 Å². The molecule has 0 saturated carbocycles. The van der Waals surface area contributed by atoms with Gasteiger partial charge >= 0.3 is 5.97 Å². The standard InChI is InChI=1S/C14H17BrO3S/c1-14(2,13(16)17)6-9-3-4-12(11(15)5-9)19-10-7-18-8-10/h3-5,10H,6-8H2,1-2H3,(H,16,17). The van der Waals surface area contributed by atoms with Gasteiger partial charge in [-0.3, -0.25) is 4.79 Å². The molecule has 104 valence electrons. The lowest BCUT2D eigenvalue weighted by Crippen LogP contribution is -2.30. The van der Waals surface area contributed by atoms with Crippen LogP contribution < -0.4 is 0 Å². The van der Waals surface area contributed by atoms with Crippen molar-refractivity contribution in [2.75, 3.05) is 13.2 Å². The average Bonchev–Trinajstić information content (AvgIpc) is 2.24. The number of carboxylic acids is 1. The number of hydrogen-bond donors (Lipinski definition) is 1. The van der Waals surface area contributed by atoms with Crippen molar-refractivity contribution < 1.29 is 14.6 Å². The maximum absolute atomic E-state index is 11.1. The Morgan fingerprint density at radius 1 is 1.53 bits per heavy atom. The number of benzene rings is 1. The second kappa shape index (κ2) is 5.85. The van der Waals surface area contributed by atoms with Crippen LogP contribution in [-0.2, 0) is 16.0 Å². The number of aliphatic carboxylic acids is 1. The van der Waals surface area contributed by atoms with Gasteiger partial charge in [0.25, 0.3) is 0 Å². The Morgan fingerprint density at radius 2 is 2.21 bits per heavy atom. The minimum absolute atomic E-state index is 0.526. The fourth-order valence-corrected chi connectivity index (χ4v) is 3.51. The van der Waals surface area contributed by atoms with Crippen LogP contribution in [0.25, 0.3) is 0 Å². The van der Waals surface area contributed by atoms with Gasteiger partial charge in [-0.15, -0.1) is 11.8 Å². The van der Waals surface area contributed by atoms with Crippen LogP contribution in [0.4, 0.5) is 0 Å². The molecule has 0 aliphatic carbocycles. The van der Waals surface area contributed by atoms with Crippen molar-refractivity contribution >= 4 is 33.7 Å². The van der Waals surface area contributed by atoms with Crippen LogP contribution in [0.2, 0.25) is 0 Å². The molecule has 5 heteroatoms. The number of carbonyl (C=O) groups is 1. The predicted molar refractivity (Wildman–Crippen MR) is 79.7 cm³/mol. The van der Waals surface area contributed by atoms with Gasteiger partial charge < -0.3 is 9.84 Å². The largest absolute Gasteiger partial charge is 0.481 e. The van der Waals surface area contributed by atoms with Crippen LogP contribution in [0.5, 0.6) is 0 Å². The Labute approximate surface area is 125 Å². The zero-order valence-corrected chi connectivity index (χ0v) is 13.4. The van der Waals surface area contributed by atoms with Crippen LogP contribution in [-0.4, -0.2) is 29.5 Å². The fourth-order valence-electron chi connectivity index (χ4n) is 1.80. The number of carboxylic acid groups (broad SMARTS) is 1. The quantitative estimate of drug-likeness (QED) is 0.886. The molecule has 19 heavy (non-hydrogen) atoms. The Kier molecular flexibility index (Phi) is 4.58. The maximum atomic E-state index is 11.1. The zero-order valence-electron chi connectivity index (χ0n) is 11.0. The van der Waals surface area contributed by atoms with Crippen molar-refractivity contribution in [2.45, 2.75) is 30.4 Å². The molecule has 0 unspecified atom stereocenters. The Bertz CT molecular complexity index is 484. The molecule has 1 aromatic rings. The summed E-state index contributed by atoms with van der Waals surface area (Å²) in [6.45, 7) is 5.12. The van der Waals surface area contributed by atoms with Crippen LogP contribution in [0, 0.1) is 5.41 Å². The molecule has 0 atom stereocenters. The normalized spacial score (nSPS) is 16.2. The van der Waals surface area contributed by atoms with E-state index in [1.165, 1.54) is 4.90 Å². The van der Waals surface area contributed by atoms with Gasteiger partial charge in [0.2, 0.25) is 0 Å². The van der Waals surface area contributed by atoms with Crippen LogP contribution in [0.3, 0.4) is 0 Å². The van der Waals surface area contributed by atoms with Gasteiger partial charge in [-0.1, -0.05) is 6.07 Å². The van der Waals surface area contributed by atoms with Gasteiger partial charge in [0.05, 0.1) is 23.9 Å². The third kappa shape index (κ3) is 3.74. The molecule has 1 saturated heterocycles. The Hall–Kier alpha value is -0.520. The molecule has 1 aromatic carbocycles. The average molecular weight is 345 g/mol. The number of halogens is 1. The summed E-state index contributed by atoms with van der Waals surface area (Å²) in [5, 5.41) is 9.69. The Morgan fingerprint density at radius 3 is 2.68 bits per heavy atom. The summed E-state index contributed by atoms with van der Waals surface area (Å²) in [6.07, 6.45) is 0.526. The Balaban J connectivity index is 2.07. The van der Waals surface area contributed by atoms with E-state index in [1.54, 1.807) is 25.6 Å². The molecule has 0 amide bonds. The smallest absolute Gasteiger partial charge is 0.309 e. The topological polar surface area (TPSA) is 46.5 Å². The number of rotatable bonds is 5. The molecule has 0 bridgehead atoms. The summed E-state index contributed by atoms with van der Waals surface area (Å²) in [4.78, 5) is 12.3. The van der Waals surface area contributed by atoms with E-state index < -0.39 is 11.4 Å². The van der Waals surface area contributed by atoms with Crippen molar-refractivity contribution in [3.63, 3.8) is 0 Å². The van der Waals surface area contributed by atoms with Gasteiger partial charge in [-0.2, -0.15) is 0 Å². The fraction of sp³-hybridized carbons (Fsp3) is 0.500. The van der Waals surface area contributed by atoms with Crippen molar-refractivity contribution in [1.29, 1.82) is 0 Å². The summed E-state index contributed by atoms with van der Waals surface area (Å²) >= 11 is 5.37. The lowest BCUT2D eigenvalue weighted by atomic mass is 9.86. The van der Waals surface area contributed by atoms with Crippen LogP contribution in [0.15, 0.2) is 27.6 Å². The highest BCUT2D eigenvalue weighted by Crippen LogP contribution is 2.35. The second-order valence-electron chi connectivity index (χ2n) is 5.41. The molecule has 1 fully saturated rings. The van der Waals surface area contributed by atoms with E-state index in [-0.39, 0.29) is 0 Å². The number of hydrogen-bond acceptors (Lipinski definition) is 3. The number of ether oxygens (including phenoxy) is 1. The molecule has 1 aliphatic heterocycles. The molecule has 1 heterocycles. The van der Waals surface area contributed by atoms with E-state index in [0.29, 0.717) is 11.7 Å². The van der Waals surface area contributed by atoms with Gasteiger partial charge in [0.15, 0.2) is 0 Å². The van der Waals surface area contributed by atoms with Gasteiger partial charge in [-0.25, -0.2) is 0 Å². The van der Waals surface area contributed by atoms with E-state index in [1.807, 2.05) is 12.1 Å². The highest BCUT2D eigenvalue weighted by Gasteiger charge is 2.27. The first-order chi connectivity index (χ1) is 8.88. The van der Waals surface area contributed by atoms with Crippen molar-refractivity contribution in [2.24, 2.45) is 5.41 Å². The summed E-state index contributed by atoms with van der Waals surface area (Å²) in [5.41, 5.74) is 0.295. The first-order valence-corrected chi connectivity index (χ1v) is 7.82. The highest BCUT2D eigenvalue weighted by molar-refractivity contribution is 9.10. The molecule has 1 N–H and O–H groups in total. The molecule has 0 spiro atoms. The summed E-state index contributed by atoms with van der Waals surface area (Å²) in [6, 6.07) is 6.09. The lowest BCUT2D eigenvalue weighted by molar-refractivity contribution is -0.146. The number of thioether (sulfide) groups is 1. The molecule has 1 aliphatic rings. The molecule has 2 rings (SSSR count). The first kappa shape index (κ1) is 14.9. The highest BCUT2D eigenvalue weighted by atomic mass is 79.9. The first-order valence-electron chi connectivity index (χ1n) is 6.15. The summed E-state index contributed by atoms with van der Waals surface area (Å²) in [7, 11) is 0. The van der Waals surface area contributed by atoms with E-state index >= 15 is 0 Å². The van der Waals surface area contributed by atoms with Gasteiger partial charge in [0.1, 0.15) is 0 Å². The predicted octanol–water partition coefficient (Wildman–Crippen LogP) is 3.59. The summed E-state index contributed by atoms with van der Waals surface area (Å²) in [5.74, 6) is -0.770. The lowest BCUT2D eigenvalue weighted by Gasteiger charge is -2.26. The van der Waals surface area contributed by atoms with E-state index in [9.17, 15) is 4.79 Å². The van der Waals surface area contributed by atoms with Crippen LogP contribution >= 0.6 is 27.7 Å².